The van der Waals surface area contributed by atoms with Gasteiger partial charge in [0.25, 0.3) is 40.5 Å². The molecule has 0 bridgehead atoms. The standard InChI is InChI=1S/C45H37ClN10O15S6/c1-3-12-70-36-21-33(52-54-40-24(2)28(23-47)43-48-30-8-4-5-9-35(30)56(43)44(40)57)37(71-13-6-15-74(58,59)60)20-32(36)51-53-34-19-29(46)31(22-38(34)72-14-7-16-75(61,62)63)50-55-45-49-41-39(77(67,68)69)17-25-10-11-26(76(64,65)66)18-27(25)42(41)73-45/h1,4-5,8-11,17-22,57H,3,6-7,12-16H2,2H3,(H,58,59,60)(H,61,62,63)(H,64,65,66)(H,67,68,69). The number of benzene rings is 5. The Morgan fingerprint density at radius 3 is 2.08 bits per heavy atom. The second kappa shape index (κ2) is 22.6. The van der Waals surface area contributed by atoms with E-state index in [-0.39, 0.29) is 131 Å². The largest absolute Gasteiger partial charge is 0.493 e. The summed E-state index contributed by atoms with van der Waals surface area (Å²) in [6.07, 6.45) is -0.209. The van der Waals surface area contributed by atoms with Crippen molar-refractivity contribution in [3.8, 4) is 23.4 Å². The minimum absolute atomic E-state index is 0.00185. The maximum absolute atomic E-state index is 12.5. The fraction of sp³-hybridized carbons (Fsp3) is 0.200. The van der Waals surface area contributed by atoms with Gasteiger partial charge in [0.15, 0.2) is 11.3 Å². The van der Waals surface area contributed by atoms with E-state index in [1.807, 2.05) is 0 Å². The molecule has 32 heteroatoms. The molecule has 5 N–H and O–H groups in total. The van der Waals surface area contributed by atoms with Crippen molar-refractivity contribution in [2.24, 2.45) is 30.7 Å². The first kappa shape index (κ1) is 56.4. The number of ether oxygens (including phenoxy) is 2. The highest BCUT2D eigenvalue weighted by atomic mass is 35.5. The lowest BCUT2D eigenvalue weighted by atomic mass is 10.1. The van der Waals surface area contributed by atoms with Crippen molar-refractivity contribution < 1.29 is 66.5 Å². The lowest BCUT2D eigenvalue weighted by Gasteiger charge is -2.14. The van der Waals surface area contributed by atoms with E-state index in [0.29, 0.717) is 11.0 Å². The molecule has 77 heavy (non-hydrogen) atoms. The number of nitriles is 1. The summed E-state index contributed by atoms with van der Waals surface area (Å²) in [6.45, 7) is 6.98. The third kappa shape index (κ3) is 13.1. The summed E-state index contributed by atoms with van der Waals surface area (Å²) < 4.78 is 147. The zero-order valence-electron chi connectivity index (χ0n) is 39.3. The minimum atomic E-state index is -4.90. The topological polar surface area (TPSA) is 384 Å². The normalized spacial score (nSPS) is 12.9. The van der Waals surface area contributed by atoms with Crippen molar-refractivity contribution in [1.29, 1.82) is 5.26 Å². The van der Waals surface area contributed by atoms with E-state index >= 15 is 0 Å². The highest BCUT2D eigenvalue weighted by Gasteiger charge is 2.24. The third-order valence-corrected chi connectivity index (χ3v) is 16.6. The molecule has 0 saturated carbocycles. The zero-order valence-corrected chi connectivity index (χ0v) is 44.9. The van der Waals surface area contributed by atoms with Gasteiger partial charge in [0, 0.05) is 28.0 Å². The molecule has 0 atom stereocenters. The highest BCUT2D eigenvalue weighted by molar-refractivity contribution is 7.99. The first-order valence-electron chi connectivity index (χ1n) is 21.9. The second-order valence-corrected chi connectivity index (χ2v) is 24.7. The lowest BCUT2D eigenvalue weighted by Crippen LogP contribution is -2.08. The SMILES string of the molecule is [CH]CCOc1cc(N=Nc2c(C)c(C#N)c3nc4ccccc4n3c2O)c(OCCCS(=O)(=O)O)cc1N=Nc1cc(Cl)c(N=Nc2nc3c(S(=O)(=O)O)cc4ccc(S(=O)(=O)O)cc4c3s2)cc1SCCCS(=O)(=O)O. The van der Waals surface area contributed by atoms with Crippen LogP contribution in [-0.4, -0.2) is 102 Å². The number of imidazole rings is 1. The molecule has 0 unspecified atom stereocenters. The molecular weight excluding hydrogens is 1150 g/mol. The molecule has 0 aliphatic rings. The number of thioether (sulfide) groups is 1. The van der Waals surface area contributed by atoms with Crippen LogP contribution in [0.25, 0.3) is 37.7 Å². The van der Waals surface area contributed by atoms with Gasteiger partial charge in [-0.05, 0) is 86.7 Å². The molecule has 0 aliphatic heterocycles. The number of azo groups is 3. The Morgan fingerprint density at radius 2 is 1.42 bits per heavy atom. The maximum atomic E-state index is 12.5. The predicted octanol–water partition coefficient (Wildman–Crippen LogP) is 11.0. The second-order valence-electron chi connectivity index (χ2n) is 16.2. The summed E-state index contributed by atoms with van der Waals surface area (Å²) >= 11 is 8.54. The van der Waals surface area contributed by atoms with Crippen LogP contribution in [-0.2, 0) is 40.5 Å². The summed E-state index contributed by atoms with van der Waals surface area (Å²) in [5.74, 6) is -1.65. The maximum Gasteiger partial charge on any atom is 0.296 e. The van der Waals surface area contributed by atoms with Gasteiger partial charge in [0.05, 0.1) is 50.4 Å². The van der Waals surface area contributed by atoms with E-state index in [9.17, 15) is 62.3 Å². The average Bonchev–Trinajstić information content (AvgIpc) is 3.98. The summed E-state index contributed by atoms with van der Waals surface area (Å²) in [5, 5.41) is 47.6. The van der Waals surface area contributed by atoms with Crippen molar-refractivity contribution in [1.82, 2.24) is 14.4 Å². The van der Waals surface area contributed by atoms with Crippen LogP contribution in [0.5, 0.6) is 17.4 Å². The first-order chi connectivity index (χ1) is 36.3. The number of aromatic nitrogens is 3. The number of hydrogen-bond donors (Lipinski definition) is 5. The Labute approximate surface area is 451 Å². The van der Waals surface area contributed by atoms with Gasteiger partial charge in [0.2, 0.25) is 11.0 Å². The Kier molecular flexibility index (Phi) is 16.6. The predicted molar refractivity (Wildman–Crippen MR) is 284 cm³/mol. The molecular formula is C45H37ClN10O15S6. The average molecular weight is 1190 g/mol. The number of fused-ring (bicyclic) bond motifs is 6. The van der Waals surface area contributed by atoms with Crippen molar-refractivity contribution in [2.75, 3.05) is 30.5 Å². The Bertz CT molecular complexity index is 4300. The molecule has 25 nitrogen and oxygen atoms in total. The molecule has 0 spiro atoms. The number of thiazole rings is 1. The third-order valence-electron chi connectivity index (χ3n) is 10.9. The Balaban J connectivity index is 1.20. The molecule has 0 aliphatic carbocycles. The molecule has 3 heterocycles. The van der Waals surface area contributed by atoms with Crippen LogP contribution in [0.1, 0.15) is 30.4 Å². The van der Waals surface area contributed by atoms with Gasteiger partial charge in [0.1, 0.15) is 56.3 Å². The molecule has 5 aromatic carbocycles. The molecule has 8 rings (SSSR count). The van der Waals surface area contributed by atoms with Gasteiger partial charge in [-0.1, -0.05) is 41.1 Å². The molecule has 0 saturated heterocycles. The van der Waals surface area contributed by atoms with Crippen LogP contribution in [0.4, 0.5) is 33.6 Å². The number of nitrogens with zero attached hydrogens (tertiary/aromatic N) is 10. The summed E-state index contributed by atoms with van der Waals surface area (Å²) in [4.78, 5) is 7.89. The smallest absolute Gasteiger partial charge is 0.296 e. The van der Waals surface area contributed by atoms with Gasteiger partial charge in [-0.3, -0.25) is 22.6 Å². The molecule has 2 radical (unpaired) electrons. The fourth-order valence-corrected chi connectivity index (χ4v) is 11.9. The Morgan fingerprint density at radius 1 is 0.766 bits per heavy atom. The van der Waals surface area contributed by atoms with Crippen LogP contribution in [0.2, 0.25) is 5.02 Å². The number of hydrogen-bond acceptors (Lipinski definition) is 22. The monoisotopic (exact) mass is 1180 g/mol. The minimum Gasteiger partial charge on any atom is -0.493 e. The number of pyridine rings is 1. The van der Waals surface area contributed by atoms with Crippen molar-refractivity contribution in [2.45, 2.75) is 40.9 Å². The summed E-state index contributed by atoms with van der Waals surface area (Å²) in [7, 11) is -18.3. The van der Waals surface area contributed by atoms with E-state index < -0.39 is 67.6 Å². The summed E-state index contributed by atoms with van der Waals surface area (Å²) in [5.41, 5.74) is 1.04. The molecule has 0 fully saturated rings. The van der Waals surface area contributed by atoms with E-state index in [2.05, 4.69) is 46.7 Å². The van der Waals surface area contributed by atoms with Gasteiger partial charge in [-0.25, -0.2) is 9.97 Å². The van der Waals surface area contributed by atoms with Crippen LogP contribution < -0.4 is 9.47 Å². The molecule has 3 aromatic heterocycles. The number of halogens is 1. The van der Waals surface area contributed by atoms with Crippen LogP contribution in [0.3, 0.4) is 0 Å². The van der Waals surface area contributed by atoms with Crippen LogP contribution in [0.15, 0.2) is 118 Å². The van der Waals surface area contributed by atoms with Gasteiger partial charge >= 0.3 is 0 Å². The van der Waals surface area contributed by atoms with E-state index in [1.54, 1.807) is 31.2 Å². The summed E-state index contributed by atoms with van der Waals surface area (Å²) in [6, 6.07) is 18.8. The fourth-order valence-electron chi connectivity index (χ4n) is 7.40. The quantitative estimate of drug-likeness (QED) is 0.0193. The van der Waals surface area contributed by atoms with Crippen LogP contribution in [0, 0.1) is 25.2 Å². The first-order valence-corrected chi connectivity index (χ1v) is 30.2. The number of rotatable bonds is 21. The number of para-hydroxylation sites is 2. The molecule has 8 aromatic rings. The zero-order chi connectivity index (χ0) is 55.6. The van der Waals surface area contributed by atoms with Gasteiger partial charge in [-0.15, -0.1) is 42.4 Å². The molecule has 0 amide bonds. The lowest BCUT2D eigenvalue weighted by molar-refractivity contribution is 0.312. The van der Waals surface area contributed by atoms with Gasteiger partial charge in [-0.2, -0.15) is 38.9 Å². The van der Waals surface area contributed by atoms with Crippen molar-refractivity contribution in [3.63, 3.8) is 0 Å². The molecule has 400 valence electrons. The highest BCUT2D eigenvalue weighted by Crippen LogP contribution is 2.46. The van der Waals surface area contributed by atoms with Crippen molar-refractivity contribution >= 4 is 146 Å². The number of aromatic hydroxyl groups is 1. The van der Waals surface area contributed by atoms with Crippen LogP contribution >= 0.6 is 34.7 Å². The van der Waals surface area contributed by atoms with E-state index in [1.165, 1.54) is 34.7 Å². The van der Waals surface area contributed by atoms with E-state index in [4.69, 9.17) is 28.0 Å². The Hall–Kier alpha value is -6.83. The van der Waals surface area contributed by atoms with Gasteiger partial charge < -0.3 is 14.6 Å². The van der Waals surface area contributed by atoms with Crippen molar-refractivity contribution in [3.05, 3.63) is 95.9 Å². The van der Waals surface area contributed by atoms with E-state index in [0.717, 1.165) is 41.3 Å².